The average molecular weight is 350 g/mol. The Labute approximate surface area is 111 Å². The Balaban J connectivity index is 2.89. The van der Waals surface area contributed by atoms with E-state index in [0.29, 0.717) is 0 Å². The van der Waals surface area contributed by atoms with Crippen molar-refractivity contribution in [3.05, 3.63) is 0 Å². The van der Waals surface area contributed by atoms with E-state index in [0.717, 1.165) is 51.9 Å². The van der Waals surface area contributed by atoms with E-state index in [1.165, 1.54) is 36.3 Å². The molecule has 0 atom stereocenters. The number of hydrogen-bond donors (Lipinski definition) is 0. The zero-order valence-corrected chi connectivity index (χ0v) is 13.2. The van der Waals surface area contributed by atoms with Crippen molar-refractivity contribution in [3.8, 4) is 12.1 Å². The SMILES string of the molecule is N#CCCCCC[Se][Se]CCCCCC#N. The summed E-state index contributed by atoms with van der Waals surface area (Å²) in [4.78, 5) is 0. The zero-order valence-electron chi connectivity index (χ0n) is 9.78. The molecule has 0 aromatic carbocycles. The third-order valence-electron chi connectivity index (χ3n) is 2.12. The normalized spacial score (nSPS) is 9.62. The first kappa shape index (κ1) is 16.0. The van der Waals surface area contributed by atoms with Crippen molar-refractivity contribution in [2.24, 2.45) is 0 Å². The molecule has 16 heavy (non-hydrogen) atoms. The summed E-state index contributed by atoms with van der Waals surface area (Å²) in [7, 11) is 0. The van der Waals surface area contributed by atoms with E-state index in [9.17, 15) is 0 Å². The molecule has 0 spiro atoms. The van der Waals surface area contributed by atoms with Crippen LogP contribution < -0.4 is 0 Å². The molecule has 4 heteroatoms. The van der Waals surface area contributed by atoms with Crippen molar-refractivity contribution in [1.82, 2.24) is 0 Å². The molecule has 0 amide bonds. The monoisotopic (exact) mass is 352 g/mol. The predicted octanol–water partition coefficient (Wildman–Crippen LogP) is 3.31. The van der Waals surface area contributed by atoms with Crippen molar-refractivity contribution in [2.75, 3.05) is 0 Å². The van der Waals surface area contributed by atoms with E-state index in [4.69, 9.17) is 10.5 Å². The molecule has 0 unspecified atom stereocenters. The molecule has 0 rings (SSSR count). The fourth-order valence-corrected chi connectivity index (χ4v) is 8.19. The third-order valence-corrected chi connectivity index (χ3v) is 9.83. The van der Waals surface area contributed by atoms with Crippen LogP contribution in [0, 0.1) is 22.7 Å². The molecule has 0 aliphatic rings. The van der Waals surface area contributed by atoms with Gasteiger partial charge in [-0.2, -0.15) is 0 Å². The fourth-order valence-electron chi connectivity index (χ4n) is 1.20. The molecule has 0 saturated carbocycles. The first-order valence-electron chi connectivity index (χ1n) is 5.90. The Morgan fingerprint density at radius 3 is 1.44 bits per heavy atom. The summed E-state index contributed by atoms with van der Waals surface area (Å²) in [6.07, 6.45) is 8.80. The maximum atomic E-state index is 8.36. The molecule has 0 heterocycles. The fraction of sp³-hybridized carbons (Fsp3) is 0.833. The van der Waals surface area contributed by atoms with Gasteiger partial charge in [-0.05, 0) is 0 Å². The van der Waals surface area contributed by atoms with Gasteiger partial charge in [-0.1, -0.05) is 0 Å². The van der Waals surface area contributed by atoms with Crippen molar-refractivity contribution in [1.29, 1.82) is 10.5 Å². The van der Waals surface area contributed by atoms with Gasteiger partial charge in [0.15, 0.2) is 0 Å². The summed E-state index contributed by atoms with van der Waals surface area (Å²) < 4.78 is 0. The molecular weight excluding hydrogens is 330 g/mol. The van der Waals surface area contributed by atoms with Crippen LogP contribution in [0.1, 0.15) is 51.4 Å². The van der Waals surface area contributed by atoms with Crippen LogP contribution in [0.4, 0.5) is 0 Å². The molecule has 0 aromatic rings. The van der Waals surface area contributed by atoms with Crippen LogP contribution in [0.15, 0.2) is 0 Å². The van der Waals surface area contributed by atoms with Crippen molar-refractivity contribution >= 4 is 26.3 Å². The van der Waals surface area contributed by atoms with Crippen LogP contribution in [0.2, 0.25) is 10.6 Å². The van der Waals surface area contributed by atoms with E-state index in [-0.39, 0.29) is 0 Å². The van der Waals surface area contributed by atoms with Crippen molar-refractivity contribution < 1.29 is 0 Å². The van der Waals surface area contributed by atoms with Gasteiger partial charge in [-0.15, -0.1) is 0 Å². The van der Waals surface area contributed by atoms with Gasteiger partial charge in [0.05, 0.1) is 0 Å². The van der Waals surface area contributed by atoms with Gasteiger partial charge in [-0.25, -0.2) is 0 Å². The van der Waals surface area contributed by atoms with Gasteiger partial charge in [0, 0.05) is 0 Å². The zero-order chi connectivity index (χ0) is 11.9. The van der Waals surface area contributed by atoms with E-state index in [1.54, 1.807) is 0 Å². The standard InChI is InChI=1S/C12H20N2Se2/c13-9-5-1-3-7-11-15-16-12-8-4-2-6-10-14/h1-8,11-12H2. The number of nitriles is 2. The first-order valence-corrected chi connectivity index (χ1v) is 12.7. The summed E-state index contributed by atoms with van der Waals surface area (Å²) in [5.41, 5.74) is 0. The summed E-state index contributed by atoms with van der Waals surface area (Å²) in [6, 6.07) is 4.38. The Bertz CT molecular complexity index is 194. The van der Waals surface area contributed by atoms with Crippen LogP contribution >= 0.6 is 0 Å². The molecule has 0 bridgehead atoms. The maximum absolute atomic E-state index is 8.36. The molecule has 0 radical (unpaired) electrons. The van der Waals surface area contributed by atoms with Gasteiger partial charge >= 0.3 is 111 Å². The number of hydrogen-bond acceptors (Lipinski definition) is 2. The van der Waals surface area contributed by atoms with Crippen molar-refractivity contribution in [3.63, 3.8) is 0 Å². The average Bonchev–Trinajstić information content (AvgIpc) is 2.31. The minimum atomic E-state index is 0.733. The summed E-state index contributed by atoms with van der Waals surface area (Å²) in [6.45, 7) is 0. The van der Waals surface area contributed by atoms with Gasteiger partial charge in [0.2, 0.25) is 0 Å². The van der Waals surface area contributed by atoms with Crippen molar-refractivity contribution in [2.45, 2.75) is 62.0 Å². The second kappa shape index (κ2) is 15.0. The summed E-state index contributed by atoms with van der Waals surface area (Å²) >= 11 is 1.77. The number of unbranched alkanes of at least 4 members (excludes halogenated alkanes) is 6. The van der Waals surface area contributed by atoms with E-state index in [1.807, 2.05) is 0 Å². The molecular formula is C12H20N2Se2. The number of nitrogens with zero attached hydrogens (tertiary/aromatic N) is 2. The topological polar surface area (TPSA) is 47.6 Å². The third kappa shape index (κ3) is 14.0. The molecule has 0 saturated heterocycles. The van der Waals surface area contributed by atoms with Gasteiger partial charge in [0.1, 0.15) is 0 Å². The van der Waals surface area contributed by atoms with Crippen LogP contribution in [0.3, 0.4) is 0 Å². The van der Waals surface area contributed by atoms with E-state index >= 15 is 0 Å². The Hall–Kier alpha value is 0.0190. The molecule has 90 valence electrons. The van der Waals surface area contributed by atoms with Gasteiger partial charge in [-0.3, -0.25) is 0 Å². The Kier molecular flexibility index (Phi) is 15.0. The molecule has 0 aromatic heterocycles. The van der Waals surface area contributed by atoms with Crippen LogP contribution in [0.25, 0.3) is 0 Å². The molecule has 2 nitrogen and oxygen atoms in total. The molecule has 0 fully saturated rings. The number of rotatable bonds is 11. The molecule has 0 aliphatic carbocycles. The summed E-state index contributed by atoms with van der Waals surface area (Å²) in [5.74, 6) is 0. The van der Waals surface area contributed by atoms with Crippen LogP contribution in [0.5, 0.6) is 0 Å². The Morgan fingerprint density at radius 2 is 1.06 bits per heavy atom. The first-order chi connectivity index (χ1) is 7.91. The van der Waals surface area contributed by atoms with Crippen LogP contribution in [-0.4, -0.2) is 26.3 Å². The van der Waals surface area contributed by atoms with E-state index < -0.39 is 0 Å². The quantitative estimate of drug-likeness (QED) is 0.424. The van der Waals surface area contributed by atoms with E-state index in [2.05, 4.69) is 12.1 Å². The minimum absolute atomic E-state index is 0.733. The second-order valence-electron chi connectivity index (χ2n) is 3.58. The molecule has 0 aliphatic heterocycles. The predicted molar refractivity (Wildman–Crippen MR) is 69.3 cm³/mol. The summed E-state index contributed by atoms with van der Waals surface area (Å²) in [5, 5.41) is 19.6. The van der Waals surface area contributed by atoms with Gasteiger partial charge in [0.25, 0.3) is 0 Å². The molecule has 0 N–H and O–H groups in total. The second-order valence-corrected chi connectivity index (χ2v) is 11.4. The van der Waals surface area contributed by atoms with Gasteiger partial charge < -0.3 is 0 Å². The Morgan fingerprint density at radius 1 is 0.625 bits per heavy atom. The van der Waals surface area contributed by atoms with Crippen LogP contribution in [-0.2, 0) is 0 Å².